The van der Waals surface area contributed by atoms with E-state index in [-0.39, 0.29) is 18.0 Å². The fourth-order valence-electron chi connectivity index (χ4n) is 2.03. The number of aryl methyl sites for hydroxylation is 1. The van der Waals surface area contributed by atoms with Crippen LogP contribution in [-0.2, 0) is 0 Å². The van der Waals surface area contributed by atoms with Gasteiger partial charge < -0.3 is 10.5 Å². The molecule has 2 nitrogen and oxygen atoms in total. The molecule has 0 amide bonds. The molecule has 2 aromatic carbocycles. The fraction of sp³-hybridized carbons (Fsp3) is 0.250. The number of ether oxygens (including phenoxy) is 1. The van der Waals surface area contributed by atoms with Gasteiger partial charge in [0.2, 0.25) is 0 Å². The van der Waals surface area contributed by atoms with Gasteiger partial charge in [0.1, 0.15) is 17.7 Å². The van der Waals surface area contributed by atoms with E-state index in [1.807, 2.05) is 38.1 Å². The van der Waals surface area contributed by atoms with Crippen LogP contribution in [0.15, 0.2) is 46.9 Å². The van der Waals surface area contributed by atoms with Gasteiger partial charge in [-0.3, -0.25) is 0 Å². The summed E-state index contributed by atoms with van der Waals surface area (Å²) < 4.78 is 19.7. The summed E-state index contributed by atoms with van der Waals surface area (Å²) >= 11 is 3.31. The molecule has 0 bridgehead atoms. The van der Waals surface area contributed by atoms with Gasteiger partial charge in [0.25, 0.3) is 0 Å². The Balaban J connectivity index is 2.30. The molecule has 0 aliphatic rings. The Kier molecular flexibility index (Phi) is 4.78. The summed E-state index contributed by atoms with van der Waals surface area (Å²) in [5.41, 5.74) is 8.19. The third-order valence-electron chi connectivity index (χ3n) is 3.00. The Bertz CT molecular complexity index is 601. The quantitative estimate of drug-likeness (QED) is 0.899. The molecule has 20 heavy (non-hydrogen) atoms. The molecular formula is C16H17BrFNO. The lowest BCUT2D eigenvalue weighted by molar-refractivity contribution is 0.179. The van der Waals surface area contributed by atoms with E-state index >= 15 is 0 Å². The van der Waals surface area contributed by atoms with Crippen molar-refractivity contribution in [3.05, 3.63) is 63.9 Å². The highest BCUT2D eigenvalue weighted by Gasteiger charge is 2.19. The van der Waals surface area contributed by atoms with E-state index in [2.05, 4.69) is 15.9 Å². The van der Waals surface area contributed by atoms with Crippen LogP contribution in [-0.4, -0.2) is 6.04 Å². The van der Waals surface area contributed by atoms with Crippen molar-refractivity contribution in [2.75, 3.05) is 0 Å². The van der Waals surface area contributed by atoms with Crippen LogP contribution < -0.4 is 10.5 Å². The first-order valence-electron chi connectivity index (χ1n) is 6.41. The predicted octanol–water partition coefficient (Wildman–Crippen LogP) is 4.36. The lowest BCUT2D eigenvalue weighted by Crippen LogP contribution is -2.29. The maximum atomic E-state index is 13.1. The highest BCUT2D eigenvalue weighted by Crippen LogP contribution is 2.31. The second-order valence-electron chi connectivity index (χ2n) is 4.89. The van der Waals surface area contributed by atoms with Crippen molar-refractivity contribution < 1.29 is 9.13 Å². The van der Waals surface area contributed by atoms with Crippen molar-refractivity contribution >= 4 is 15.9 Å². The summed E-state index contributed by atoms with van der Waals surface area (Å²) in [4.78, 5) is 0. The van der Waals surface area contributed by atoms with E-state index in [1.165, 1.54) is 12.1 Å². The van der Waals surface area contributed by atoms with Crippen LogP contribution in [0.4, 0.5) is 4.39 Å². The third-order valence-corrected chi connectivity index (χ3v) is 3.62. The molecule has 2 N–H and O–H groups in total. The van der Waals surface area contributed by atoms with Gasteiger partial charge in [-0.05, 0) is 53.5 Å². The third kappa shape index (κ3) is 3.58. The van der Waals surface area contributed by atoms with E-state index in [1.54, 1.807) is 6.07 Å². The van der Waals surface area contributed by atoms with E-state index in [4.69, 9.17) is 10.5 Å². The Hall–Kier alpha value is -1.39. The number of rotatable bonds is 4. The normalized spacial score (nSPS) is 13.8. The Morgan fingerprint density at radius 1 is 1.20 bits per heavy atom. The predicted molar refractivity (Wildman–Crippen MR) is 82.3 cm³/mol. The molecule has 2 unspecified atom stereocenters. The summed E-state index contributed by atoms with van der Waals surface area (Å²) in [6, 6.07) is 12.2. The van der Waals surface area contributed by atoms with Gasteiger partial charge >= 0.3 is 0 Å². The molecule has 0 aliphatic carbocycles. The van der Waals surface area contributed by atoms with Crippen LogP contribution in [0.2, 0.25) is 0 Å². The zero-order valence-electron chi connectivity index (χ0n) is 11.4. The van der Waals surface area contributed by atoms with Crippen molar-refractivity contribution in [2.45, 2.75) is 26.0 Å². The van der Waals surface area contributed by atoms with Gasteiger partial charge in [-0.1, -0.05) is 29.8 Å². The van der Waals surface area contributed by atoms with Gasteiger partial charge in [-0.2, -0.15) is 0 Å². The molecule has 0 aromatic heterocycles. The van der Waals surface area contributed by atoms with Crippen LogP contribution in [0.5, 0.6) is 5.75 Å². The summed E-state index contributed by atoms with van der Waals surface area (Å²) in [6.07, 6.45) is -0.281. The standard InChI is InChI=1S/C16H17BrFNO/c1-10-4-3-5-12(8-10)16(11(2)19)20-15-7-6-13(18)9-14(15)17/h3-9,11,16H,19H2,1-2H3. The Labute approximate surface area is 126 Å². The summed E-state index contributed by atoms with van der Waals surface area (Å²) in [5, 5.41) is 0. The minimum Gasteiger partial charge on any atom is -0.483 e. The topological polar surface area (TPSA) is 35.2 Å². The number of halogens is 2. The number of hydrogen-bond acceptors (Lipinski definition) is 2. The molecule has 106 valence electrons. The molecule has 0 radical (unpaired) electrons. The van der Waals surface area contributed by atoms with Gasteiger partial charge in [-0.15, -0.1) is 0 Å². The fourth-order valence-corrected chi connectivity index (χ4v) is 2.48. The van der Waals surface area contributed by atoms with Crippen molar-refractivity contribution in [3.8, 4) is 5.75 Å². The van der Waals surface area contributed by atoms with Gasteiger partial charge in [0.15, 0.2) is 0 Å². The van der Waals surface area contributed by atoms with E-state index in [9.17, 15) is 4.39 Å². The molecular weight excluding hydrogens is 321 g/mol. The molecule has 0 heterocycles. The number of hydrogen-bond donors (Lipinski definition) is 1. The first kappa shape index (κ1) is 15.0. The van der Waals surface area contributed by atoms with Crippen LogP contribution >= 0.6 is 15.9 Å². The van der Waals surface area contributed by atoms with Crippen molar-refractivity contribution in [2.24, 2.45) is 5.73 Å². The molecule has 2 rings (SSSR count). The summed E-state index contributed by atoms with van der Waals surface area (Å²) in [6.45, 7) is 3.92. The lowest BCUT2D eigenvalue weighted by atomic mass is 10.0. The van der Waals surface area contributed by atoms with Crippen molar-refractivity contribution in [1.82, 2.24) is 0 Å². The molecule has 0 saturated carbocycles. The van der Waals surface area contributed by atoms with Crippen molar-refractivity contribution in [1.29, 1.82) is 0 Å². The van der Waals surface area contributed by atoms with Crippen LogP contribution in [0.3, 0.4) is 0 Å². The first-order valence-corrected chi connectivity index (χ1v) is 7.20. The second kappa shape index (κ2) is 6.37. The zero-order valence-corrected chi connectivity index (χ0v) is 13.0. The van der Waals surface area contributed by atoms with Crippen LogP contribution in [0.1, 0.15) is 24.2 Å². The largest absolute Gasteiger partial charge is 0.483 e. The Morgan fingerprint density at radius 2 is 1.95 bits per heavy atom. The van der Waals surface area contributed by atoms with Crippen molar-refractivity contribution in [3.63, 3.8) is 0 Å². The van der Waals surface area contributed by atoms with E-state index in [0.29, 0.717) is 10.2 Å². The molecule has 0 spiro atoms. The monoisotopic (exact) mass is 337 g/mol. The van der Waals surface area contributed by atoms with Gasteiger partial charge in [-0.25, -0.2) is 4.39 Å². The average molecular weight is 338 g/mol. The molecule has 0 aliphatic heterocycles. The van der Waals surface area contributed by atoms with Crippen LogP contribution in [0.25, 0.3) is 0 Å². The molecule has 2 aromatic rings. The Morgan fingerprint density at radius 3 is 2.55 bits per heavy atom. The molecule has 0 saturated heterocycles. The molecule has 0 fully saturated rings. The van der Waals surface area contributed by atoms with Gasteiger partial charge in [0, 0.05) is 6.04 Å². The maximum absolute atomic E-state index is 13.1. The van der Waals surface area contributed by atoms with Gasteiger partial charge in [0.05, 0.1) is 4.47 Å². The highest BCUT2D eigenvalue weighted by molar-refractivity contribution is 9.10. The number of benzene rings is 2. The lowest BCUT2D eigenvalue weighted by Gasteiger charge is -2.24. The first-order chi connectivity index (χ1) is 9.47. The summed E-state index contributed by atoms with van der Waals surface area (Å²) in [5.74, 6) is 0.271. The minimum absolute atomic E-state index is 0.186. The zero-order chi connectivity index (χ0) is 14.7. The molecule has 2 atom stereocenters. The second-order valence-corrected chi connectivity index (χ2v) is 5.74. The minimum atomic E-state index is -0.308. The highest BCUT2D eigenvalue weighted by atomic mass is 79.9. The molecule has 4 heteroatoms. The SMILES string of the molecule is Cc1cccc(C(Oc2ccc(F)cc2Br)C(C)N)c1. The van der Waals surface area contributed by atoms with E-state index in [0.717, 1.165) is 11.1 Å². The average Bonchev–Trinajstić information content (AvgIpc) is 2.37. The van der Waals surface area contributed by atoms with E-state index < -0.39 is 0 Å². The smallest absolute Gasteiger partial charge is 0.139 e. The maximum Gasteiger partial charge on any atom is 0.139 e. The number of nitrogens with two attached hydrogens (primary N) is 1. The summed E-state index contributed by atoms with van der Waals surface area (Å²) in [7, 11) is 0. The van der Waals surface area contributed by atoms with Crippen LogP contribution in [0, 0.1) is 12.7 Å².